The lowest BCUT2D eigenvalue weighted by molar-refractivity contribution is -0.144. The van der Waals surface area contributed by atoms with Crippen molar-refractivity contribution in [2.45, 2.75) is 63.8 Å². The van der Waals surface area contributed by atoms with Crippen LogP contribution in [0.2, 0.25) is 0 Å². The average molecular weight is 350 g/mol. The van der Waals surface area contributed by atoms with Crippen molar-refractivity contribution in [3.8, 4) is 0 Å². The fraction of sp³-hybridized carbons (Fsp3) is 0.722. The number of rotatable bonds is 3. The summed E-state index contributed by atoms with van der Waals surface area (Å²) in [7, 11) is 0. The maximum atomic E-state index is 13.3. The molecule has 1 aromatic heterocycles. The average Bonchev–Trinajstić information content (AvgIpc) is 3.11. The topological polar surface area (TPSA) is 62.3 Å². The maximum absolute atomic E-state index is 13.3. The van der Waals surface area contributed by atoms with Gasteiger partial charge in [-0.2, -0.15) is 0 Å². The molecule has 2 amide bonds. The van der Waals surface area contributed by atoms with E-state index in [1.165, 1.54) is 6.92 Å². The number of carbonyl (C=O) groups excluding carboxylic acids is 2. The van der Waals surface area contributed by atoms with Crippen molar-refractivity contribution < 1.29 is 9.59 Å². The number of carbonyl (C=O) groups is 2. The largest absolute Gasteiger partial charge is 0.342 e. The van der Waals surface area contributed by atoms with Gasteiger partial charge < -0.3 is 10.2 Å². The Morgan fingerprint density at radius 3 is 2.71 bits per heavy atom. The molecule has 2 aliphatic rings. The number of hydrogen-bond donors (Lipinski definition) is 1. The number of piperidine rings is 1. The molecule has 1 aliphatic carbocycles. The zero-order chi connectivity index (χ0) is 17.2. The molecule has 1 saturated heterocycles. The van der Waals surface area contributed by atoms with E-state index in [4.69, 9.17) is 0 Å². The van der Waals surface area contributed by atoms with Crippen LogP contribution in [-0.2, 0) is 9.59 Å². The normalized spacial score (nSPS) is 30.8. The Kier molecular flexibility index (Phi) is 5.23. The summed E-state index contributed by atoms with van der Waals surface area (Å²) in [6, 6.07) is 0. The fourth-order valence-electron chi connectivity index (χ4n) is 4.09. The number of amides is 2. The highest BCUT2D eigenvalue weighted by Gasteiger charge is 2.45. The van der Waals surface area contributed by atoms with Crippen LogP contribution in [0.1, 0.15) is 63.3 Å². The second-order valence-electron chi connectivity index (χ2n) is 7.41. The van der Waals surface area contributed by atoms with Gasteiger partial charge in [0.25, 0.3) is 0 Å². The minimum Gasteiger partial charge on any atom is -0.342 e. The summed E-state index contributed by atoms with van der Waals surface area (Å²) in [5.74, 6) is 0.973. The number of nitrogens with one attached hydrogen (secondary N) is 1. The van der Waals surface area contributed by atoms with Gasteiger partial charge in [-0.1, -0.05) is 6.92 Å². The summed E-state index contributed by atoms with van der Waals surface area (Å²) < 4.78 is 0. The van der Waals surface area contributed by atoms with Gasteiger partial charge in [0, 0.05) is 37.5 Å². The third-order valence-corrected chi connectivity index (χ3v) is 6.40. The number of likely N-dealkylation sites (tertiary alicyclic amines) is 1. The molecule has 24 heavy (non-hydrogen) atoms. The first-order chi connectivity index (χ1) is 11.5. The lowest BCUT2D eigenvalue weighted by Crippen LogP contribution is -2.61. The maximum Gasteiger partial charge on any atom is 0.248 e. The molecule has 132 valence electrons. The van der Waals surface area contributed by atoms with E-state index < -0.39 is 5.54 Å². The van der Waals surface area contributed by atoms with E-state index in [0.717, 1.165) is 56.6 Å². The molecule has 1 N–H and O–H groups in total. The third-order valence-electron chi connectivity index (χ3n) is 5.46. The summed E-state index contributed by atoms with van der Waals surface area (Å²) in [4.78, 5) is 31.5. The van der Waals surface area contributed by atoms with Crippen molar-refractivity contribution in [3.63, 3.8) is 0 Å². The highest BCUT2D eigenvalue weighted by molar-refractivity contribution is 7.09. The third kappa shape index (κ3) is 3.63. The van der Waals surface area contributed by atoms with Crippen LogP contribution in [-0.4, -0.2) is 40.3 Å². The van der Waals surface area contributed by atoms with Crippen molar-refractivity contribution in [1.29, 1.82) is 0 Å². The van der Waals surface area contributed by atoms with E-state index in [9.17, 15) is 9.59 Å². The first-order valence-corrected chi connectivity index (χ1v) is 9.86. The van der Waals surface area contributed by atoms with E-state index in [-0.39, 0.29) is 11.8 Å². The highest BCUT2D eigenvalue weighted by Crippen LogP contribution is 2.36. The summed E-state index contributed by atoms with van der Waals surface area (Å²) in [5, 5.41) is 6.14. The molecule has 2 fully saturated rings. The molecular formula is C18H27N3O2S. The van der Waals surface area contributed by atoms with Crippen molar-refractivity contribution in [1.82, 2.24) is 15.2 Å². The number of thiazole rings is 1. The molecular weight excluding hydrogens is 322 g/mol. The summed E-state index contributed by atoms with van der Waals surface area (Å²) >= 11 is 1.67. The van der Waals surface area contributed by atoms with Crippen LogP contribution >= 0.6 is 11.3 Å². The van der Waals surface area contributed by atoms with Crippen molar-refractivity contribution in [2.24, 2.45) is 5.92 Å². The Morgan fingerprint density at radius 1 is 1.33 bits per heavy atom. The monoisotopic (exact) mass is 349 g/mol. The second kappa shape index (κ2) is 7.21. The molecule has 1 atom stereocenters. The van der Waals surface area contributed by atoms with Crippen LogP contribution in [0.4, 0.5) is 0 Å². The first-order valence-electron chi connectivity index (χ1n) is 8.98. The Morgan fingerprint density at radius 2 is 2.08 bits per heavy atom. The molecule has 0 aromatic carbocycles. The highest BCUT2D eigenvalue weighted by atomic mass is 32.1. The van der Waals surface area contributed by atoms with Gasteiger partial charge in [0.15, 0.2) is 0 Å². The van der Waals surface area contributed by atoms with Crippen LogP contribution in [0.15, 0.2) is 11.6 Å². The molecule has 5 nitrogen and oxygen atoms in total. The zero-order valence-electron chi connectivity index (χ0n) is 14.6. The van der Waals surface area contributed by atoms with Crippen molar-refractivity contribution in [3.05, 3.63) is 16.6 Å². The number of nitrogens with zero attached hydrogens (tertiary/aromatic N) is 2. The SMILES string of the molecule is CC(=O)NC1(C(=O)N2CCCC(c3nccs3)C2)CCC(C)CC1. The fourth-order valence-corrected chi connectivity index (χ4v) is 4.85. The predicted octanol–water partition coefficient (Wildman–Crippen LogP) is 2.93. The predicted molar refractivity (Wildman–Crippen MR) is 94.8 cm³/mol. The summed E-state index contributed by atoms with van der Waals surface area (Å²) in [6.45, 7) is 5.25. The Bertz CT molecular complexity index is 579. The number of aromatic nitrogens is 1. The summed E-state index contributed by atoms with van der Waals surface area (Å²) in [5.41, 5.74) is -0.691. The molecule has 1 unspecified atom stereocenters. The van der Waals surface area contributed by atoms with Gasteiger partial charge in [0.2, 0.25) is 11.8 Å². The molecule has 1 saturated carbocycles. The van der Waals surface area contributed by atoms with E-state index in [1.807, 2.05) is 16.5 Å². The minimum atomic E-state index is -0.691. The molecule has 2 heterocycles. The lowest BCUT2D eigenvalue weighted by atomic mass is 9.75. The van der Waals surface area contributed by atoms with Crippen LogP contribution in [0.3, 0.4) is 0 Å². The van der Waals surface area contributed by atoms with E-state index in [2.05, 4.69) is 17.2 Å². The second-order valence-corrected chi connectivity index (χ2v) is 8.33. The van der Waals surface area contributed by atoms with Crippen molar-refractivity contribution >= 4 is 23.2 Å². The smallest absolute Gasteiger partial charge is 0.248 e. The molecule has 1 aliphatic heterocycles. The van der Waals surface area contributed by atoms with Gasteiger partial charge in [-0.05, 0) is 44.4 Å². The standard InChI is InChI=1S/C18H27N3O2S/c1-13-5-7-18(8-6-13,20-14(2)22)17(23)21-10-3-4-15(12-21)16-19-9-11-24-16/h9,11,13,15H,3-8,10,12H2,1-2H3,(H,20,22). The zero-order valence-corrected chi connectivity index (χ0v) is 15.4. The lowest BCUT2D eigenvalue weighted by Gasteiger charge is -2.43. The van der Waals surface area contributed by atoms with Gasteiger partial charge in [0.05, 0.1) is 5.01 Å². The first kappa shape index (κ1) is 17.4. The number of hydrogen-bond acceptors (Lipinski definition) is 4. The van der Waals surface area contributed by atoms with E-state index >= 15 is 0 Å². The summed E-state index contributed by atoms with van der Waals surface area (Å²) in [6.07, 6.45) is 7.42. The van der Waals surface area contributed by atoms with Gasteiger partial charge in [0.1, 0.15) is 5.54 Å². The van der Waals surface area contributed by atoms with Crippen LogP contribution in [0.25, 0.3) is 0 Å². The van der Waals surface area contributed by atoms with Gasteiger partial charge in [-0.15, -0.1) is 11.3 Å². The van der Waals surface area contributed by atoms with E-state index in [1.54, 1.807) is 11.3 Å². The molecule has 0 radical (unpaired) electrons. The minimum absolute atomic E-state index is 0.105. The Labute approximate surface area is 147 Å². The van der Waals surface area contributed by atoms with Gasteiger partial charge in [-0.3, -0.25) is 9.59 Å². The van der Waals surface area contributed by atoms with Gasteiger partial charge >= 0.3 is 0 Å². The molecule has 3 rings (SSSR count). The molecule has 6 heteroatoms. The Balaban J connectivity index is 1.75. The van der Waals surface area contributed by atoms with E-state index in [0.29, 0.717) is 11.8 Å². The van der Waals surface area contributed by atoms with Gasteiger partial charge in [-0.25, -0.2) is 4.98 Å². The molecule has 1 aromatic rings. The van der Waals surface area contributed by atoms with Crippen LogP contribution in [0, 0.1) is 5.92 Å². The van der Waals surface area contributed by atoms with Crippen LogP contribution in [0.5, 0.6) is 0 Å². The Hall–Kier alpha value is -1.43. The van der Waals surface area contributed by atoms with Crippen molar-refractivity contribution in [2.75, 3.05) is 13.1 Å². The molecule has 0 bridgehead atoms. The van der Waals surface area contributed by atoms with Crippen LogP contribution < -0.4 is 5.32 Å². The molecule has 0 spiro atoms. The quantitative estimate of drug-likeness (QED) is 0.912.